The lowest BCUT2D eigenvalue weighted by Crippen LogP contribution is -2.06. The monoisotopic (exact) mass is 278 g/mol. The number of esters is 1. The highest BCUT2D eigenvalue weighted by Crippen LogP contribution is 2.23. The van der Waals surface area contributed by atoms with Crippen LogP contribution in [0.1, 0.15) is 16.1 Å². The summed E-state index contributed by atoms with van der Waals surface area (Å²) in [7, 11) is 0. The molecule has 0 bridgehead atoms. The van der Waals surface area contributed by atoms with Crippen molar-refractivity contribution in [2.45, 2.75) is 6.92 Å². The van der Waals surface area contributed by atoms with Crippen LogP contribution < -0.4 is 4.74 Å². The van der Waals surface area contributed by atoms with Crippen LogP contribution in [0.3, 0.4) is 0 Å². The van der Waals surface area contributed by atoms with Gasteiger partial charge < -0.3 is 9.15 Å². The molecule has 1 aromatic heterocycles. The van der Waals surface area contributed by atoms with Crippen molar-refractivity contribution in [1.82, 2.24) is 0 Å². The molecule has 0 aliphatic rings. The van der Waals surface area contributed by atoms with Gasteiger partial charge in [0.1, 0.15) is 5.75 Å². The van der Waals surface area contributed by atoms with Gasteiger partial charge in [0.2, 0.25) is 5.76 Å². The molecule has 0 fully saturated rings. The normalized spacial score (nSPS) is 10.3. The molecule has 0 N–H and O–H groups in total. The Kier molecular flexibility index (Phi) is 3.56. The predicted octanol–water partition coefficient (Wildman–Crippen LogP) is 4.47. The zero-order valence-electron chi connectivity index (χ0n) is 11.6. The van der Waals surface area contributed by atoms with Gasteiger partial charge in [-0.25, -0.2) is 4.79 Å². The zero-order valence-corrected chi connectivity index (χ0v) is 11.6. The van der Waals surface area contributed by atoms with Crippen molar-refractivity contribution in [1.29, 1.82) is 0 Å². The largest absolute Gasteiger partial charge is 0.457 e. The van der Waals surface area contributed by atoms with Crippen molar-refractivity contribution in [3.05, 3.63) is 78.3 Å². The van der Waals surface area contributed by atoms with Gasteiger partial charge in [0, 0.05) is 0 Å². The number of benzene rings is 2. The molecule has 2 aromatic carbocycles. The van der Waals surface area contributed by atoms with Crippen molar-refractivity contribution in [3.8, 4) is 16.9 Å². The third-order valence-corrected chi connectivity index (χ3v) is 3.17. The number of furan rings is 1. The van der Waals surface area contributed by atoms with Gasteiger partial charge in [-0.15, -0.1) is 0 Å². The van der Waals surface area contributed by atoms with E-state index in [0.29, 0.717) is 5.75 Å². The summed E-state index contributed by atoms with van der Waals surface area (Å²) in [6.45, 7) is 2.06. The lowest BCUT2D eigenvalue weighted by atomic mass is 10.0. The molecule has 3 heteroatoms. The highest BCUT2D eigenvalue weighted by molar-refractivity contribution is 5.88. The molecule has 0 radical (unpaired) electrons. The van der Waals surface area contributed by atoms with Crippen LogP contribution in [0.15, 0.2) is 71.3 Å². The maximum absolute atomic E-state index is 11.8. The molecular weight excluding hydrogens is 264 g/mol. The Balaban J connectivity index is 1.75. The van der Waals surface area contributed by atoms with E-state index in [-0.39, 0.29) is 5.76 Å². The molecular formula is C18H14O3. The van der Waals surface area contributed by atoms with Gasteiger partial charge in [0.05, 0.1) is 6.26 Å². The Hall–Kier alpha value is -2.81. The summed E-state index contributed by atoms with van der Waals surface area (Å²) in [6.07, 6.45) is 1.44. The second-order valence-corrected chi connectivity index (χ2v) is 4.76. The summed E-state index contributed by atoms with van der Waals surface area (Å²) in [5, 5.41) is 0. The first kappa shape index (κ1) is 13.2. The molecule has 0 spiro atoms. The minimum absolute atomic E-state index is 0.192. The second-order valence-electron chi connectivity index (χ2n) is 4.76. The van der Waals surface area contributed by atoms with E-state index in [1.54, 1.807) is 24.3 Å². The SMILES string of the molecule is Cc1ccc(-c2ccc(OC(=O)c3ccco3)cc2)cc1. The summed E-state index contributed by atoms with van der Waals surface area (Å²) in [4.78, 5) is 11.8. The smallest absolute Gasteiger partial charge is 0.379 e. The average Bonchev–Trinajstić information content (AvgIpc) is 3.03. The van der Waals surface area contributed by atoms with Gasteiger partial charge in [-0.2, -0.15) is 0 Å². The number of rotatable bonds is 3. The number of hydrogen-bond donors (Lipinski definition) is 0. The fourth-order valence-electron chi connectivity index (χ4n) is 2.01. The Morgan fingerprint density at radius 3 is 2.10 bits per heavy atom. The maximum Gasteiger partial charge on any atom is 0.379 e. The molecule has 3 aromatic rings. The zero-order chi connectivity index (χ0) is 14.7. The average molecular weight is 278 g/mol. The van der Waals surface area contributed by atoms with Crippen molar-refractivity contribution >= 4 is 5.97 Å². The van der Waals surface area contributed by atoms with E-state index in [1.807, 2.05) is 12.1 Å². The van der Waals surface area contributed by atoms with Gasteiger partial charge >= 0.3 is 5.97 Å². The van der Waals surface area contributed by atoms with Gasteiger partial charge in [-0.1, -0.05) is 42.0 Å². The summed E-state index contributed by atoms with van der Waals surface area (Å²) in [5.74, 6) is 0.188. The molecule has 3 rings (SSSR count). The van der Waals surface area contributed by atoms with Gasteiger partial charge in [0.15, 0.2) is 0 Å². The van der Waals surface area contributed by atoms with Crippen molar-refractivity contribution < 1.29 is 13.9 Å². The molecule has 0 amide bonds. The van der Waals surface area contributed by atoms with Gasteiger partial charge in [-0.3, -0.25) is 0 Å². The van der Waals surface area contributed by atoms with Crippen molar-refractivity contribution in [3.63, 3.8) is 0 Å². The van der Waals surface area contributed by atoms with Crippen LogP contribution in [-0.4, -0.2) is 5.97 Å². The molecule has 0 saturated carbocycles. The first-order chi connectivity index (χ1) is 10.2. The Morgan fingerprint density at radius 2 is 1.52 bits per heavy atom. The summed E-state index contributed by atoms with van der Waals surface area (Å²) < 4.78 is 10.2. The van der Waals surface area contributed by atoms with Gasteiger partial charge in [0.25, 0.3) is 0 Å². The first-order valence-electron chi connectivity index (χ1n) is 6.65. The number of aryl methyl sites for hydroxylation is 1. The fraction of sp³-hybridized carbons (Fsp3) is 0.0556. The third kappa shape index (κ3) is 3.03. The number of carbonyl (C=O) groups excluding carboxylic acids is 1. The molecule has 3 nitrogen and oxygen atoms in total. The summed E-state index contributed by atoms with van der Waals surface area (Å²) in [5.41, 5.74) is 3.43. The molecule has 1 heterocycles. The molecule has 0 aliphatic carbocycles. The van der Waals surface area contributed by atoms with E-state index >= 15 is 0 Å². The molecule has 0 atom stereocenters. The lowest BCUT2D eigenvalue weighted by molar-refractivity contribution is 0.0701. The van der Waals surface area contributed by atoms with Crippen LogP contribution in [0.4, 0.5) is 0 Å². The third-order valence-electron chi connectivity index (χ3n) is 3.17. The molecule has 0 aliphatic heterocycles. The van der Waals surface area contributed by atoms with E-state index < -0.39 is 5.97 Å². The number of hydrogen-bond acceptors (Lipinski definition) is 3. The predicted molar refractivity (Wildman–Crippen MR) is 80.3 cm³/mol. The van der Waals surface area contributed by atoms with Crippen LogP contribution in [0, 0.1) is 6.92 Å². The molecule has 21 heavy (non-hydrogen) atoms. The number of ether oxygens (including phenoxy) is 1. The van der Waals surface area contributed by atoms with Crippen LogP contribution in [0.25, 0.3) is 11.1 Å². The number of carbonyl (C=O) groups is 1. The van der Waals surface area contributed by atoms with Gasteiger partial charge in [-0.05, 0) is 42.3 Å². The fourth-order valence-corrected chi connectivity index (χ4v) is 2.01. The lowest BCUT2D eigenvalue weighted by Gasteiger charge is -2.05. The quantitative estimate of drug-likeness (QED) is 0.524. The molecule has 0 saturated heterocycles. The Morgan fingerprint density at radius 1 is 0.905 bits per heavy atom. The Bertz CT molecular complexity index is 723. The highest BCUT2D eigenvalue weighted by atomic mass is 16.5. The van der Waals surface area contributed by atoms with Crippen LogP contribution in [0.5, 0.6) is 5.75 Å². The van der Waals surface area contributed by atoms with Crippen molar-refractivity contribution in [2.75, 3.05) is 0 Å². The first-order valence-corrected chi connectivity index (χ1v) is 6.65. The van der Waals surface area contributed by atoms with E-state index in [2.05, 4.69) is 31.2 Å². The second kappa shape index (κ2) is 5.67. The minimum atomic E-state index is -0.497. The molecule has 0 unspecified atom stereocenters. The van der Waals surface area contributed by atoms with E-state index in [1.165, 1.54) is 11.8 Å². The van der Waals surface area contributed by atoms with E-state index in [9.17, 15) is 4.79 Å². The highest BCUT2D eigenvalue weighted by Gasteiger charge is 2.11. The van der Waals surface area contributed by atoms with E-state index in [0.717, 1.165) is 11.1 Å². The van der Waals surface area contributed by atoms with Crippen LogP contribution in [0.2, 0.25) is 0 Å². The van der Waals surface area contributed by atoms with Crippen molar-refractivity contribution in [2.24, 2.45) is 0 Å². The summed E-state index contributed by atoms with van der Waals surface area (Å²) in [6, 6.07) is 18.9. The van der Waals surface area contributed by atoms with Crippen LogP contribution in [-0.2, 0) is 0 Å². The standard InChI is InChI=1S/C18H14O3/c1-13-4-6-14(7-5-13)15-8-10-16(11-9-15)21-18(19)17-3-2-12-20-17/h2-12H,1H3. The Labute approximate surface area is 122 Å². The topological polar surface area (TPSA) is 39.4 Å². The molecule has 104 valence electrons. The minimum Gasteiger partial charge on any atom is -0.457 e. The van der Waals surface area contributed by atoms with E-state index in [4.69, 9.17) is 9.15 Å². The summed E-state index contributed by atoms with van der Waals surface area (Å²) >= 11 is 0. The maximum atomic E-state index is 11.8. The van der Waals surface area contributed by atoms with Crippen LogP contribution >= 0.6 is 0 Å².